The van der Waals surface area contributed by atoms with Gasteiger partial charge in [0.25, 0.3) is 0 Å². The average molecular weight is 231 g/mol. The van der Waals surface area contributed by atoms with Crippen LogP contribution in [0.3, 0.4) is 0 Å². The first-order valence-electron chi connectivity index (χ1n) is 4.28. The van der Waals surface area contributed by atoms with Gasteiger partial charge in [-0.15, -0.1) is 0 Å². The minimum Gasteiger partial charge on any atom is -0.508 e. The van der Waals surface area contributed by atoms with Crippen LogP contribution in [0.2, 0.25) is 5.02 Å². The van der Waals surface area contributed by atoms with Gasteiger partial charge in [0, 0.05) is 5.56 Å². The lowest BCUT2D eigenvalue weighted by atomic mass is 10.1. The smallest absolute Gasteiger partial charge is 0.308 e. The molecule has 0 amide bonds. The lowest BCUT2D eigenvalue weighted by Gasteiger charge is -2.12. The first-order valence-corrected chi connectivity index (χ1v) is 4.66. The molecule has 0 unspecified atom stereocenters. The first kappa shape index (κ1) is 11.8. The maximum atomic E-state index is 10.9. The Morgan fingerprint density at radius 2 is 2.27 bits per heavy atom. The van der Waals surface area contributed by atoms with Crippen LogP contribution >= 0.6 is 11.6 Å². The highest BCUT2D eigenvalue weighted by molar-refractivity contribution is 6.31. The van der Waals surface area contributed by atoms with Crippen LogP contribution in [0.5, 0.6) is 5.75 Å². The Kier molecular flexibility index (Phi) is 3.94. The summed E-state index contributed by atoms with van der Waals surface area (Å²) in [5.41, 5.74) is 0.143. The molecule has 15 heavy (non-hydrogen) atoms. The molecule has 5 heteroatoms. The van der Waals surface area contributed by atoms with Gasteiger partial charge in [-0.3, -0.25) is 4.79 Å². The van der Waals surface area contributed by atoms with Gasteiger partial charge in [-0.2, -0.15) is 0 Å². The topological polar surface area (TPSA) is 66.8 Å². The van der Waals surface area contributed by atoms with E-state index in [2.05, 4.69) is 4.74 Å². The van der Waals surface area contributed by atoms with Crippen molar-refractivity contribution in [3.8, 4) is 5.75 Å². The second-order valence-corrected chi connectivity index (χ2v) is 3.38. The number of carbonyl (C=O) groups is 1. The van der Waals surface area contributed by atoms with E-state index in [9.17, 15) is 15.0 Å². The van der Waals surface area contributed by atoms with Crippen molar-refractivity contribution in [3.63, 3.8) is 0 Å². The van der Waals surface area contributed by atoms with Gasteiger partial charge in [-0.25, -0.2) is 0 Å². The van der Waals surface area contributed by atoms with Gasteiger partial charge in [0.2, 0.25) is 0 Å². The van der Waals surface area contributed by atoms with Crippen LogP contribution in [0.4, 0.5) is 0 Å². The number of phenols is 1. The zero-order valence-corrected chi connectivity index (χ0v) is 8.86. The van der Waals surface area contributed by atoms with E-state index in [1.54, 1.807) is 6.07 Å². The van der Waals surface area contributed by atoms with Gasteiger partial charge in [0.05, 0.1) is 24.7 Å². The number of aliphatic hydroxyl groups excluding tert-OH is 1. The fourth-order valence-electron chi connectivity index (χ4n) is 1.20. The fourth-order valence-corrected chi connectivity index (χ4v) is 1.49. The van der Waals surface area contributed by atoms with Crippen molar-refractivity contribution < 1.29 is 19.7 Å². The lowest BCUT2D eigenvalue weighted by molar-refractivity contribution is -0.142. The Morgan fingerprint density at radius 1 is 1.60 bits per heavy atom. The van der Waals surface area contributed by atoms with Gasteiger partial charge < -0.3 is 14.9 Å². The molecule has 0 bridgehead atoms. The Balaban J connectivity index is 2.90. The number of halogens is 1. The molecule has 0 aliphatic carbocycles. The van der Waals surface area contributed by atoms with Crippen molar-refractivity contribution >= 4 is 17.6 Å². The Bertz CT molecular complexity index is 344. The Hall–Kier alpha value is -1.26. The summed E-state index contributed by atoms with van der Waals surface area (Å²) in [5.74, 6) is -0.708. The molecule has 0 saturated carbocycles. The molecular formula is C10H11ClO4. The molecule has 0 fully saturated rings. The Morgan fingerprint density at radius 3 is 2.80 bits per heavy atom. The molecule has 0 radical (unpaired) electrons. The molecule has 0 aliphatic rings. The number of carbonyl (C=O) groups excluding carboxylic acids is 1. The predicted octanol–water partition coefficient (Wildman–Crippen LogP) is 1.64. The lowest BCUT2D eigenvalue weighted by Crippen LogP contribution is -2.08. The molecule has 1 rings (SSSR count). The SMILES string of the molecule is COC(=O)C[C@H](O)c1c(O)cccc1Cl. The molecular weight excluding hydrogens is 220 g/mol. The standard InChI is InChI=1S/C10H11ClO4/c1-15-9(14)5-8(13)10-6(11)3-2-4-7(10)12/h2-4,8,12-13H,5H2,1H3/t8-/m0/s1. The second kappa shape index (κ2) is 5.00. The molecule has 1 aromatic rings. The fraction of sp³-hybridized carbons (Fsp3) is 0.300. The number of hydrogen-bond donors (Lipinski definition) is 2. The zero-order valence-electron chi connectivity index (χ0n) is 8.11. The number of rotatable bonds is 3. The van der Waals surface area contributed by atoms with E-state index in [0.717, 1.165) is 0 Å². The maximum absolute atomic E-state index is 10.9. The molecule has 0 spiro atoms. The largest absolute Gasteiger partial charge is 0.508 e. The first-order chi connectivity index (χ1) is 7.06. The van der Waals surface area contributed by atoms with Crippen LogP contribution < -0.4 is 0 Å². The molecule has 1 atom stereocenters. The van der Waals surface area contributed by atoms with Crippen LogP contribution in [0.15, 0.2) is 18.2 Å². The highest BCUT2D eigenvalue weighted by Gasteiger charge is 2.19. The van der Waals surface area contributed by atoms with Crippen molar-refractivity contribution in [2.75, 3.05) is 7.11 Å². The number of aromatic hydroxyl groups is 1. The van der Waals surface area contributed by atoms with Crippen LogP contribution in [-0.4, -0.2) is 23.3 Å². The summed E-state index contributed by atoms with van der Waals surface area (Å²) in [5, 5.41) is 19.3. The minimum absolute atomic E-state index is 0.140. The van der Waals surface area contributed by atoms with Gasteiger partial charge >= 0.3 is 5.97 Å². The molecule has 2 N–H and O–H groups in total. The summed E-state index contributed by atoms with van der Waals surface area (Å²) in [7, 11) is 1.22. The summed E-state index contributed by atoms with van der Waals surface area (Å²) >= 11 is 5.78. The van der Waals surface area contributed by atoms with Crippen molar-refractivity contribution in [2.45, 2.75) is 12.5 Å². The summed E-state index contributed by atoms with van der Waals surface area (Å²) in [6.45, 7) is 0. The van der Waals surface area contributed by atoms with E-state index < -0.39 is 12.1 Å². The number of ether oxygens (including phenoxy) is 1. The monoisotopic (exact) mass is 230 g/mol. The quantitative estimate of drug-likeness (QED) is 0.775. The predicted molar refractivity (Wildman–Crippen MR) is 54.7 cm³/mol. The maximum Gasteiger partial charge on any atom is 0.308 e. The van der Waals surface area contributed by atoms with Crippen molar-refractivity contribution in [1.29, 1.82) is 0 Å². The van der Waals surface area contributed by atoms with Gasteiger partial charge in [-0.05, 0) is 12.1 Å². The van der Waals surface area contributed by atoms with E-state index in [-0.39, 0.29) is 22.8 Å². The number of hydrogen-bond acceptors (Lipinski definition) is 4. The number of methoxy groups -OCH3 is 1. The van der Waals surface area contributed by atoms with Gasteiger partial charge in [-0.1, -0.05) is 17.7 Å². The Labute approximate surface area is 92.1 Å². The number of esters is 1. The van der Waals surface area contributed by atoms with E-state index in [4.69, 9.17) is 11.6 Å². The highest BCUT2D eigenvalue weighted by Crippen LogP contribution is 2.32. The zero-order chi connectivity index (χ0) is 11.4. The number of aliphatic hydroxyl groups is 1. The third kappa shape index (κ3) is 2.84. The van der Waals surface area contributed by atoms with E-state index in [0.29, 0.717) is 0 Å². The van der Waals surface area contributed by atoms with Crippen LogP contribution in [-0.2, 0) is 9.53 Å². The van der Waals surface area contributed by atoms with Crippen LogP contribution in [0, 0.1) is 0 Å². The number of phenolic OH excluding ortho intramolecular Hbond substituents is 1. The molecule has 0 heterocycles. The van der Waals surface area contributed by atoms with E-state index in [1.165, 1.54) is 19.2 Å². The van der Waals surface area contributed by atoms with Crippen LogP contribution in [0.1, 0.15) is 18.1 Å². The normalized spacial score (nSPS) is 12.2. The summed E-state index contributed by atoms with van der Waals surface area (Å²) < 4.78 is 4.40. The summed E-state index contributed by atoms with van der Waals surface area (Å²) in [6, 6.07) is 4.46. The molecule has 82 valence electrons. The average Bonchev–Trinajstić information content (AvgIpc) is 2.17. The molecule has 0 aromatic heterocycles. The second-order valence-electron chi connectivity index (χ2n) is 2.97. The molecule has 4 nitrogen and oxygen atoms in total. The summed E-state index contributed by atoms with van der Waals surface area (Å²) in [6.07, 6.45) is -1.40. The highest BCUT2D eigenvalue weighted by atomic mass is 35.5. The third-order valence-corrected chi connectivity index (χ3v) is 2.28. The van der Waals surface area contributed by atoms with E-state index in [1.807, 2.05) is 0 Å². The van der Waals surface area contributed by atoms with Gasteiger partial charge in [0.15, 0.2) is 0 Å². The van der Waals surface area contributed by atoms with Crippen molar-refractivity contribution in [3.05, 3.63) is 28.8 Å². The number of benzene rings is 1. The third-order valence-electron chi connectivity index (χ3n) is 1.95. The van der Waals surface area contributed by atoms with Crippen molar-refractivity contribution in [1.82, 2.24) is 0 Å². The van der Waals surface area contributed by atoms with E-state index >= 15 is 0 Å². The van der Waals surface area contributed by atoms with Crippen molar-refractivity contribution in [2.24, 2.45) is 0 Å². The van der Waals surface area contributed by atoms with Gasteiger partial charge in [0.1, 0.15) is 5.75 Å². The molecule has 0 saturated heterocycles. The summed E-state index contributed by atoms with van der Waals surface area (Å²) in [4.78, 5) is 10.9. The molecule has 1 aromatic carbocycles. The van der Waals surface area contributed by atoms with Crippen LogP contribution in [0.25, 0.3) is 0 Å². The minimum atomic E-state index is -1.16. The molecule has 0 aliphatic heterocycles.